The lowest BCUT2D eigenvalue weighted by Gasteiger charge is -2.19. The molecule has 0 unspecified atom stereocenters. The number of halogens is 2. The molecule has 7 heteroatoms. The van der Waals surface area contributed by atoms with Gasteiger partial charge < -0.3 is 10.6 Å². The molecule has 0 heterocycles. The zero-order chi connectivity index (χ0) is 18.9. The zero-order valence-electron chi connectivity index (χ0n) is 14.5. The minimum absolute atomic E-state index is 0.117. The van der Waals surface area contributed by atoms with Gasteiger partial charge in [0.05, 0.1) is 13.1 Å². The Morgan fingerprint density at radius 2 is 1.62 bits per heavy atom. The summed E-state index contributed by atoms with van der Waals surface area (Å²) in [5.41, 5.74) is 1.52. The predicted octanol–water partition coefficient (Wildman–Crippen LogP) is 3.17. The number of carbonyl (C=O) groups excluding carboxylic acids is 2. The number of likely N-dealkylation sites (N-methyl/N-ethyl adjacent to an activating group) is 1. The topological polar surface area (TPSA) is 61.4 Å². The number of nitrogens with zero attached hydrogens (tertiary/aromatic N) is 1. The van der Waals surface area contributed by atoms with Gasteiger partial charge in [-0.2, -0.15) is 0 Å². The van der Waals surface area contributed by atoms with Gasteiger partial charge in [0.2, 0.25) is 11.8 Å². The van der Waals surface area contributed by atoms with Crippen molar-refractivity contribution in [1.29, 1.82) is 0 Å². The van der Waals surface area contributed by atoms with Crippen LogP contribution in [0, 0.1) is 5.82 Å². The van der Waals surface area contributed by atoms with Crippen LogP contribution < -0.4 is 10.6 Å². The first-order valence-corrected chi connectivity index (χ1v) is 9.04. The maximum atomic E-state index is 12.9. The summed E-state index contributed by atoms with van der Waals surface area (Å²) in [4.78, 5) is 25.9. The van der Waals surface area contributed by atoms with E-state index < -0.39 is 0 Å². The fourth-order valence-corrected chi connectivity index (χ4v) is 2.54. The van der Waals surface area contributed by atoms with Crippen molar-refractivity contribution < 1.29 is 14.0 Å². The molecule has 0 aliphatic carbocycles. The number of benzene rings is 2. The molecule has 2 aromatic carbocycles. The average Bonchev–Trinajstić information content (AvgIpc) is 2.62. The summed E-state index contributed by atoms with van der Waals surface area (Å²) >= 11 is 3.34. The Morgan fingerprint density at radius 1 is 1.00 bits per heavy atom. The van der Waals surface area contributed by atoms with E-state index in [1.807, 2.05) is 19.1 Å². The minimum atomic E-state index is -0.311. The highest BCUT2D eigenvalue weighted by Crippen LogP contribution is 2.14. The summed E-state index contributed by atoms with van der Waals surface area (Å²) in [5, 5.41) is 5.57. The summed E-state index contributed by atoms with van der Waals surface area (Å²) < 4.78 is 13.8. The molecule has 26 heavy (non-hydrogen) atoms. The van der Waals surface area contributed by atoms with Gasteiger partial charge in [-0.05, 0) is 48.5 Å². The molecule has 0 aromatic heterocycles. The van der Waals surface area contributed by atoms with Crippen LogP contribution in [0.1, 0.15) is 12.5 Å². The minimum Gasteiger partial charge on any atom is -0.351 e. The van der Waals surface area contributed by atoms with Crippen LogP contribution >= 0.6 is 15.9 Å². The van der Waals surface area contributed by atoms with Crippen LogP contribution in [0.5, 0.6) is 0 Å². The molecule has 2 amide bonds. The molecule has 0 radical (unpaired) electrons. The van der Waals surface area contributed by atoms with Crippen LogP contribution in [0.25, 0.3) is 0 Å². The van der Waals surface area contributed by atoms with E-state index in [9.17, 15) is 14.0 Å². The van der Waals surface area contributed by atoms with E-state index in [0.717, 1.165) is 10.0 Å². The maximum Gasteiger partial charge on any atom is 0.238 e. The van der Waals surface area contributed by atoms with Crippen molar-refractivity contribution >= 4 is 33.4 Å². The van der Waals surface area contributed by atoms with Crippen molar-refractivity contribution in [2.24, 2.45) is 0 Å². The van der Waals surface area contributed by atoms with Gasteiger partial charge in [0.15, 0.2) is 0 Å². The van der Waals surface area contributed by atoms with Crippen molar-refractivity contribution in [2.75, 3.05) is 25.0 Å². The van der Waals surface area contributed by atoms with Gasteiger partial charge in [0.25, 0.3) is 0 Å². The molecule has 2 rings (SSSR count). The number of amides is 2. The van der Waals surface area contributed by atoms with Crippen LogP contribution in [0.4, 0.5) is 10.1 Å². The molecule has 0 atom stereocenters. The van der Waals surface area contributed by atoms with Crippen molar-refractivity contribution in [3.05, 3.63) is 64.4 Å². The summed E-state index contributed by atoms with van der Waals surface area (Å²) in [6.45, 7) is 3.02. The van der Waals surface area contributed by atoms with Crippen LogP contribution in [-0.2, 0) is 16.1 Å². The van der Waals surface area contributed by atoms with E-state index in [-0.39, 0.29) is 30.7 Å². The zero-order valence-corrected chi connectivity index (χ0v) is 16.1. The predicted molar refractivity (Wildman–Crippen MR) is 103 cm³/mol. The van der Waals surface area contributed by atoms with Crippen molar-refractivity contribution in [2.45, 2.75) is 13.5 Å². The largest absolute Gasteiger partial charge is 0.351 e. The van der Waals surface area contributed by atoms with Crippen molar-refractivity contribution in [3.63, 3.8) is 0 Å². The quantitative estimate of drug-likeness (QED) is 0.687. The Hall–Kier alpha value is -2.25. The molecule has 0 saturated carbocycles. The average molecular weight is 422 g/mol. The second-order valence-electron chi connectivity index (χ2n) is 5.76. The Balaban J connectivity index is 1.78. The first kappa shape index (κ1) is 20.1. The number of hydrogen-bond acceptors (Lipinski definition) is 3. The molecule has 0 aliphatic rings. The summed E-state index contributed by atoms with van der Waals surface area (Å²) in [6, 6.07) is 13.2. The van der Waals surface area contributed by atoms with Crippen LogP contribution in [0.3, 0.4) is 0 Å². The molecule has 0 aliphatic heterocycles. The second kappa shape index (κ2) is 10.0. The first-order valence-electron chi connectivity index (χ1n) is 8.25. The normalized spacial score (nSPS) is 10.6. The number of anilines is 1. The summed E-state index contributed by atoms with van der Waals surface area (Å²) in [6.07, 6.45) is 0. The van der Waals surface area contributed by atoms with Gasteiger partial charge in [-0.25, -0.2) is 4.39 Å². The van der Waals surface area contributed by atoms with E-state index >= 15 is 0 Å². The first-order chi connectivity index (χ1) is 12.5. The van der Waals surface area contributed by atoms with Crippen LogP contribution in [0.15, 0.2) is 53.0 Å². The van der Waals surface area contributed by atoms with Gasteiger partial charge in [-0.1, -0.05) is 35.0 Å². The Kier molecular flexibility index (Phi) is 7.74. The van der Waals surface area contributed by atoms with Gasteiger partial charge in [0.1, 0.15) is 5.82 Å². The number of nitrogens with one attached hydrogen (secondary N) is 2. The van der Waals surface area contributed by atoms with E-state index in [4.69, 9.17) is 0 Å². The van der Waals surface area contributed by atoms with Crippen LogP contribution in [-0.4, -0.2) is 36.3 Å². The third kappa shape index (κ3) is 6.93. The highest BCUT2D eigenvalue weighted by atomic mass is 79.9. The maximum absolute atomic E-state index is 12.9. The molecule has 0 spiro atoms. The van der Waals surface area contributed by atoms with E-state index in [2.05, 4.69) is 26.6 Å². The monoisotopic (exact) mass is 421 g/mol. The van der Waals surface area contributed by atoms with Gasteiger partial charge in [0, 0.05) is 16.7 Å². The smallest absolute Gasteiger partial charge is 0.238 e. The highest BCUT2D eigenvalue weighted by molar-refractivity contribution is 9.10. The number of hydrogen-bond donors (Lipinski definition) is 2. The standard InChI is InChI=1S/C19H21BrFN3O2/c1-2-24(13-19(26)23-17-9-5-15(20)6-10-17)12-18(25)22-11-14-3-7-16(21)8-4-14/h3-10H,2,11-13H2,1H3,(H,22,25)(H,23,26). The summed E-state index contributed by atoms with van der Waals surface area (Å²) in [5.74, 6) is -0.679. The van der Waals surface area contributed by atoms with Crippen molar-refractivity contribution in [1.82, 2.24) is 10.2 Å². The highest BCUT2D eigenvalue weighted by Gasteiger charge is 2.13. The Morgan fingerprint density at radius 3 is 2.23 bits per heavy atom. The molecule has 2 N–H and O–H groups in total. The lowest BCUT2D eigenvalue weighted by atomic mass is 10.2. The fraction of sp³-hybridized carbons (Fsp3) is 0.263. The molecule has 5 nitrogen and oxygen atoms in total. The molecule has 2 aromatic rings. The van der Waals surface area contributed by atoms with Crippen LogP contribution in [0.2, 0.25) is 0 Å². The lowest BCUT2D eigenvalue weighted by Crippen LogP contribution is -2.40. The van der Waals surface area contributed by atoms with Gasteiger partial charge in [-0.15, -0.1) is 0 Å². The lowest BCUT2D eigenvalue weighted by molar-refractivity contribution is -0.123. The molecular weight excluding hydrogens is 401 g/mol. The van der Waals surface area contributed by atoms with Crippen molar-refractivity contribution in [3.8, 4) is 0 Å². The molecule has 0 bridgehead atoms. The van der Waals surface area contributed by atoms with E-state index in [1.165, 1.54) is 12.1 Å². The van der Waals surface area contributed by atoms with Gasteiger partial charge >= 0.3 is 0 Å². The third-order valence-corrected chi connectivity index (χ3v) is 4.24. The third-order valence-electron chi connectivity index (χ3n) is 3.71. The van der Waals surface area contributed by atoms with E-state index in [1.54, 1.807) is 29.2 Å². The van der Waals surface area contributed by atoms with Gasteiger partial charge in [-0.3, -0.25) is 14.5 Å². The molecular formula is C19H21BrFN3O2. The molecule has 0 fully saturated rings. The fourth-order valence-electron chi connectivity index (χ4n) is 2.28. The Labute approximate surface area is 160 Å². The summed E-state index contributed by atoms with van der Waals surface area (Å²) in [7, 11) is 0. The molecule has 0 saturated heterocycles. The van der Waals surface area contributed by atoms with E-state index in [0.29, 0.717) is 18.8 Å². The Bertz CT molecular complexity index is 735. The number of rotatable bonds is 8. The number of carbonyl (C=O) groups is 2. The SMILES string of the molecule is CCN(CC(=O)NCc1ccc(F)cc1)CC(=O)Nc1ccc(Br)cc1. The second-order valence-corrected chi connectivity index (χ2v) is 6.68. The molecule has 138 valence electrons.